The fraction of sp³-hybridized carbons (Fsp3) is 0.400. The molecule has 0 aliphatic rings. The number of benzene rings is 1. The second-order valence-corrected chi connectivity index (χ2v) is 6.75. The molecule has 0 saturated carbocycles. The maximum Gasteiger partial charge on any atom is 0.284 e. The highest BCUT2D eigenvalue weighted by Gasteiger charge is 2.18. The molecule has 1 aromatic rings. The van der Waals surface area contributed by atoms with E-state index in [1.165, 1.54) is 0 Å². The molecule has 120 valence electrons. The molecule has 1 rings (SSSR count). The minimum absolute atomic E-state index is 0.0750. The van der Waals surface area contributed by atoms with E-state index < -0.39 is 5.91 Å². The first-order valence-corrected chi connectivity index (χ1v) is 7.66. The predicted octanol–water partition coefficient (Wildman–Crippen LogP) is 1.89. The van der Waals surface area contributed by atoms with Crippen molar-refractivity contribution < 1.29 is 14.4 Å². The van der Waals surface area contributed by atoms with Gasteiger partial charge in [0.25, 0.3) is 11.1 Å². The van der Waals surface area contributed by atoms with Crippen LogP contribution in [0.4, 0.5) is 4.79 Å². The Labute approximate surface area is 134 Å². The number of nitrogens with two attached hydrogens (primary N) is 1. The molecule has 22 heavy (non-hydrogen) atoms. The van der Waals surface area contributed by atoms with Crippen LogP contribution in [-0.4, -0.2) is 29.1 Å². The van der Waals surface area contributed by atoms with Crippen LogP contribution in [0.3, 0.4) is 0 Å². The summed E-state index contributed by atoms with van der Waals surface area (Å²) in [6.45, 7) is 5.82. The van der Waals surface area contributed by atoms with Gasteiger partial charge in [0.15, 0.2) is 0 Å². The average molecular weight is 323 g/mol. The van der Waals surface area contributed by atoms with Crippen molar-refractivity contribution >= 4 is 28.8 Å². The Morgan fingerprint density at radius 3 is 2.41 bits per heavy atom. The minimum atomic E-state index is -0.479. The second kappa shape index (κ2) is 7.84. The molecule has 0 aliphatic heterocycles. The van der Waals surface area contributed by atoms with Crippen LogP contribution < -0.4 is 16.4 Å². The van der Waals surface area contributed by atoms with E-state index in [1.807, 2.05) is 20.8 Å². The van der Waals surface area contributed by atoms with E-state index in [9.17, 15) is 14.4 Å². The molecule has 0 radical (unpaired) electrons. The zero-order valence-corrected chi connectivity index (χ0v) is 13.8. The van der Waals surface area contributed by atoms with E-state index in [4.69, 9.17) is 5.73 Å². The zero-order valence-electron chi connectivity index (χ0n) is 12.9. The molecule has 0 aromatic heterocycles. The highest BCUT2D eigenvalue weighted by atomic mass is 32.2. The molecule has 4 N–H and O–H groups in total. The molecule has 0 aliphatic carbocycles. The van der Waals surface area contributed by atoms with Crippen molar-refractivity contribution in [1.82, 2.24) is 10.6 Å². The van der Waals surface area contributed by atoms with Crippen molar-refractivity contribution in [3.05, 3.63) is 29.8 Å². The van der Waals surface area contributed by atoms with Gasteiger partial charge in [-0.05, 0) is 44.7 Å². The van der Waals surface area contributed by atoms with Gasteiger partial charge in [0.1, 0.15) is 0 Å². The zero-order chi connectivity index (χ0) is 16.8. The van der Waals surface area contributed by atoms with Gasteiger partial charge < -0.3 is 16.4 Å². The first kappa shape index (κ1) is 18.0. The largest absolute Gasteiger partial charge is 0.370 e. The third-order valence-electron chi connectivity index (χ3n) is 2.47. The Morgan fingerprint density at radius 1 is 1.18 bits per heavy atom. The first-order valence-electron chi connectivity index (χ1n) is 6.84. The van der Waals surface area contributed by atoms with E-state index in [2.05, 4.69) is 10.6 Å². The summed E-state index contributed by atoms with van der Waals surface area (Å²) in [6.07, 6.45) is 0.0750. The molecule has 6 nitrogen and oxygen atoms in total. The number of thioether (sulfide) groups is 1. The summed E-state index contributed by atoms with van der Waals surface area (Å²) in [4.78, 5) is 35.3. The van der Waals surface area contributed by atoms with Gasteiger partial charge in [-0.2, -0.15) is 0 Å². The number of rotatable bonds is 5. The SMILES string of the molecule is CC(C)(C)NC(=O)Sc1ccccc1C(=O)NCCC(N)=O. The Morgan fingerprint density at radius 2 is 1.82 bits per heavy atom. The van der Waals surface area contributed by atoms with Gasteiger partial charge in [0.2, 0.25) is 5.91 Å². The molecule has 0 unspecified atom stereocenters. The van der Waals surface area contributed by atoms with Crippen LogP contribution in [0.1, 0.15) is 37.6 Å². The van der Waals surface area contributed by atoms with Crippen LogP contribution in [0.15, 0.2) is 29.2 Å². The standard InChI is InChI=1S/C15H21N3O3S/c1-15(2,3)18-14(21)22-11-7-5-4-6-10(11)13(20)17-9-8-12(16)19/h4-7H,8-9H2,1-3H3,(H2,16,19)(H,17,20)(H,18,21). The Hall–Kier alpha value is -2.02. The number of hydrogen-bond acceptors (Lipinski definition) is 4. The van der Waals surface area contributed by atoms with Crippen LogP contribution in [0.5, 0.6) is 0 Å². The number of nitrogens with one attached hydrogen (secondary N) is 2. The van der Waals surface area contributed by atoms with Gasteiger partial charge >= 0.3 is 0 Å². The van der Waals surface area contributed by atoms with E-state index in [-0.39, 0.29) is 29.7 Å². The van der Waals surface area contributed by atoms with Crippen molar-refractivity contribution in [2.75, 3.05) is 6.54 Å². The number of hydrogen-bond donors (Lipinski definition) is 3. The van der Waals surface area contributed by atoms with E-state index in [0.717, 1.165) is 11.8 Å². The number of amides is 3. The average Bonchev–Trinajstić information content (AvgIpc) is 2.36. The molecule has 0 fully saturated rings. The normalized spacial score (nSPS) is 10.9. The molecule has 0 saturated heterocycles. The van der Waals surface area contributed by atoms with Crippen LogP contribution in [0.25, 0.3) is 0 Å². The van der Waals surface area contributed by atoms with Crippen molar-refractivity contribution in [2.24, 2.45) is 5.73 Å². The maximum atomic E-state index is 12.1. The van der Waals surface area contributed by atoms with Crippen molar-refractivity contribution in [3.8, 4) is 0 Å². The van der Waals surface area contributed by atoms with Gasteiger partial charge in [-0.1, -0.05) is 12.1 Å². The molecule has 0 spiro atoms. The highest BCUT2D eigenvalue weighted by Crippen LogP contribution is 2.24. The lowest BCUT2D eigenvalue weighted by molar-refractivity contribution is -0.117. The van der Waals surface area contributed by atoms with Crippen LogP contribution in [0.2, 0.25) is 0 Å². The van der Waals surface area contributed by atoms with Crippen molar-refractivity contribution in [3.63, 3.8) is 0 Å². The smallest absolute Gasteiger partial charge is 0.284 e. The number of carbonyl (C=O) groups is 3. The highest BCUT2D eigenvalue weighted by molar-refractivity contribution is 8.13. The quantitative estimate of drug-likeness (QED) is 0.720. The third-order valence-corrected chi connectivity index (χ3v) is 3.33. The molecule has 1 aromatic carbocycles. The number of carbonyl (C=O) groups excluding carboxylic acids is 3. The predicted molar refractivity (Wildman–Crippen MR) is 86.7 cm³/mol. The van der Waals surface area contributed by atoms with Gasteiger partial charge in [-0.25, -0.2) is 0 Å². The third kappa shape index (κ3) is 6.62. The lowest BCUT2D eigenvalue weighted by Gasteiger charge is -2.20. The summed E-state index contributed by atoms with van der Waals surface area (Å²) in [5.74, 6) is -0.819. The van der Waals surface area contributed by atoms with Crippen LogP contribution in [0, 0.1) is 0 Å². The molecule has 7 heteroatoms. The first-order chi connectivity index (χ1) is 10.2. The van der Waals surface area contributed by atoms with Crippen LogP contribution >= 0.6 is 11.8 Å². The topological polar surface area (TPSA) is 101 Å². The molecular formula is C15H21N3O3S. The molecule has 0 bridgehead atoms. The molecule has 0 atom stereocenters. The molecular weight excluding hydrogens is 302 g/mol. The Kier molecular flexibility index (Phi) is 6.42. The summed E-state index contributed by atoms with van der Waals surface area (Å²) >= 11 is 0.963. The monoisotopic (exact) mass is 323 g/mol. The van der Waals surface area contributed by atoms with Crippen molar-refractivity contribution in [1.29, 1.82) is 0 Å². The van der Waals surface area contributed by atoms with Gasteiger partial charge in [-0.3, -0.25) is 14.4 Å². The van der Waals surface area contributed by atoms with Gasteiger partial charge in [-0.15, -0.1) is 0 Å². The maximum absolute atomic E-state index is 12.1. The second-order valence-electron chi connectivity index (χ2n) is 5.73. The van der Waals surface area contributed by atoms with E-state index in [1.54, 1.807) is 24.3 Å². The summed E-state index contributed by atoms with van der Waals surface area (Å²) < 4.78 is 0. The van der Waals surface area contributed by atoms with Crippen molar-refractivity contribution in [2.45, 2.75) is 37.6 Å². The van der Waals surface area contributed by atoms with Gasteiger partial charge in [0.05, 0.1) is 5.56 Å². The van der Waals surface area contributed by atoms with E-state index >= 15 is 0 Å². The van der Waals surface area contributed by atoms with E-state index in [0.29, 0.717) is 10.5 Å². The minimum Gasteiger partial charge on any atom is -0.370 e. The summed E-state index contributed by atoms with van der Waals surface area (Å²) in [5.41, 5.74) is 5.07. The Bertz CT molecular complexity index is 567. The summed E-state index contributed by atoms with van der Waals surface area (Å²) in [7, 11) is 0. The lowest BCUT2D eigenvalue weighted by Crippen LogP contribution is -2.38. The fourth-order valence-corrected chi connectivity index (χ4v) is 2.54. The lowest BCUT2D eigenvalue weighted by atomic mass is 10.1. The molecule has 0 heterocycles. The molecule has 3 amide bonds. The summed E-state index contributed by atoms with van der Waals surface area (Å²) in [5, 5.41) is 5.20. The number of primary amides is 1. The Balaban J connectivity index is 2.75. The fourth-order valence-electron chi connectivity index (χ4n) is 1.57. The summed E-state index contributed by atoms with van der Waals surface area (Å²) in [6, 6.07) is 6.81. The van der Waals surface area contributed by atoms with Gasteiger partial charge in [0, 0.05) is 23.4 Å². The van der Waals surface area contributed by atoms with Crippen LogP contribution in [-0.2, 0) is 4.79 Å².